The summed E-state index contributed by atoms with van der Waals surface area (Å²) in [6.07, 6.45) is 2.68. The summed E-state index contributed by atoms with van der Waals surface area (Å²) < 4.78 is 2.06. The van der Waals surface area contributed by atoms with Crippen LogP contribution < -0.4 is 4.90 Å². The van der Waals surface area contributed by atoms with Gasteiger partial charge < -0.3 is 19.7 Å². The predicted molar refractivity (Wildman–Crippen MR) is 109 cm³/mol. The second-order valence-electron chi connectivity index (χ2n) is 7.09. The number of aliphatic hydroxyl groups is 1. The maximum absolute atomic E-state index is 11.7. The number of carboxylic acid groups (broad SMARTS) is 1. The van der Waals surface area contributed by atoms with E-state index >= 15 is 0 Å². The highest BCUT2D eigenvalue weighted by molar-refractivity contribution is 5.99. The third kappa shape index (κ3) is 2.86. The van der Waals surface area contributed by atoms with Crippen molar-refractivity contribution in [1.82, 2.24) is 9.55 Å². The number of pyridine rings is 1. The van der Waals surface area contributed by atoms with E-state index in [1.807, 2.05) is 19.1 Å². The normalized spacial score (nSPS) is 13.6. The predicted octanol–water partition coefficient (Wildman–Crippen LogP) is 3.28. The Balaban J connectivity index is 1.96. The van der Waals surface area contributed by atoms with E-state index in [0.29, 0.717) is 18.9 Å². The number of benzene rings is 1. The number of carboxylic acids is 1. The number of allylic oxidation sites excluding steroid dienone is 1. The summed E-state index contributed by atoms with van der Waals surface area (Å²) >= 11 is 0. The Morgan fingerprint density at radius 2 is 2.07 bits per heavy atom. The molecule has 0 aliphatic carbocycles. The molecule has 144 valence electrons. The van der Waals surface area contributed by atoms with Crippen LogP contribution in [-0.4, -0.2) is 32.3 Å². The fourth-order valence-electron chi connectivity index (χ4n) is 4.11. The number of aromatic nitrogens is 2. The van der Waals surface area contributed by atoms with Crippen LogP contribution in [0, 0.1) is 6.92 Å². The summed E-state index contributed by atoms with van der Waals surface area (Å²) in [7, 11) is 0. The van der Waals surface area contributed by atoms with Crippen LogP contribution >= 0.6 is 0 Å². The Kier molecular flexibility index (Phi) is 4.65. The SMILES string of the molecule is C=CCn1c(C)c(CO)c2cc(C(=O)O)nc(N3CCc4ccccc4C3)c21. The van der Waals surface area contributed by atoms with Gasteiger partial charge in [0, 0.05) is 36.3 Å². The zero-order valence-electron chi connectivity index (χ0n) is 15.9. The number of rotatable bonds is 5. The molecule has 0 bridgehead atoms. The summed E-state index contributed by atoms with van der Waals surface area (Å²) in [6, 6.07) is 9.87. The molecular weight excluding hydrogens is 354 g/mol. The minimum atomic E-state index is -1.07. The second-order valence-corrected chi connectivity index (χ2v) is 7.09. The van der Waals surface area contributed by atoms with Crippen LogP contribution in [0.1, 0.15) is 32.9 Å². The summed E-state index contributed by atoms with van der Waals surface area (Å²) in [5, 5.41) is 20.3. The van der Waals surface area contributed by atoms with Gasteiger partial charge in [-0.1, -0.05) is 30.3 Å². The van der Waals surface area contributed by atoms with Crippen molar-refractivity contribution in [1.29, 1.82) is 0 Å². The van der Waals surface area contributed by atoms with Gasteiger partial charge in [-0.15, -0.1) is 6.58 Å². The number of nitrogens with zero attached hydrogens (tertiary/aromatic N) is 3. The summed E-state index contributed by atoms with van der Waals surface area (Å²) in [5.74, 6) is -0.423. The number of hydrogen-bond donors (Lipinski definition) is 2. The first-order valence-electron chi connectivity index (χ1n) is 9.34. The molecule has 1 aromatic carbocycles. The molecule has 0 radical (unpaired) electrons. The molecule has 4 rings (SSSR count). The molecule has 0 saturated heterocycles. The molecule has 6 heteroatoms. The average Bonchev–Trinajstić information content (AvgIpc) is 2.98. The van der Waals surface area contributed by atoms with Crippen molar-refractivity contribution < 1.29 is 15.0 Å². The van der Waals surface area contributed by atoms with Crippen LogP contribution in [0.4, 0.5) is 5.82 Å². The lowest BCUT2D eigenvalue weighted by Crippen LogP contribution is -2.31. The molecule has 0 spiro atoms. The van der Waals surface area contributed by atoms with Crippen molar-refractivity contribution in [3.05, 3.63) is 71.1 Å². The van der Waals surface area contributed by atoms with E-state index in [4.69, 9.17) is 0 Å². The van der Waals surface area contributed by atoms with Crippen molar-refractivity contribution in [2.24, 2.45) is 0 Å². The topological polar surface area (TPSA) is 78.6 Å². The number of fused-ring (bicyclic) bond motifs is 2. The van der Waals surface area contributed by atoms with E-state index < -0.39 is 5.97 Å². The van der Waals surface area contributed by atoms with E-state index in [0.717, 1.165) is 35.1 Å². The molecule has 6 nitrogen and oxygen atoms in total. The van der Waals surface area contributed by atoms with E-state index in [-0.39, 0.29) is 12.3 Å². The Morgan fingerprint density at radius 1 is 1.32 bits per heavy atom. The first kappa shape index (κ1) is 18.3. The van der Waals surface area contributed by atoms with E-state index in [2.05, 4.69) is 33.2 Å². The minimum Gasteiger partial charge on any atom is -0.477 e. The number of aromatic carboxylic acids is 1. The lowest BCUT2D eigenvalue weighted by Gasteiger charge is -2.30. The monoisotopic (exact) mass is 377 g/mol. The van der Waals surface area contributed by atoms with Crippen LogP contribution in [-0.2, 0) is 26.1 Å². The van der Waals surface area contributed by atoms with Crippen LogP contribution in [0.5, 0.6) is 0 Å². The molecule has 0 saturated carbocycles. The number of anilines is 1. The zero-order chi connectivity index (χ0) is 19.8. The average molecular weight is 377 g/mol. The minimum absolute atomic E-state index is 0.00758. The molecule has 2 aromatic heterocycles. The first-order valence-corrected chi connectivity index (χ1v) is 9.34. The summed E-state index contributed by atoms with van der Waals surface area (Å²) in [5.41, 5.74) is 5.03. The van der Waals surface area contributed by atoms with Gasteiger partial charge in [0.15, 0.2) is 11.5 Å². The Bertz CT molecular complexity index is 1080. The molecule has 1 aliphatic rings. The fraction of sp³-hybridized carbons (Fsp3) is 0.273. The molecule has 3 heterocycles. The van der Waals surface area contributed by atoms with Gasteiger partial charge in [0.05, 0.1) is 12.1 Å². The van der Waals surface area contributed by atoms with E-state index in [1.54, 1.807) is 12.1 Å². The van der Waals surface area contributed by atoms with Crippen LogP contribution in [0.2, 0.25) is 0 Å². The third-order valence-electron chi connectivity index (χ3n) is 5.53. The van der Waals surface area contributed by atoms with Gasteiger partial charge >= 0.3 is 5.97 Å². The highest BCUT2D eigenvalue weighted by atomic mass is 16.4. The van der Waals surface area contributed by atoms with Gasteiger partial charge in [-0.25, -0.2) is 9.78 Å². The lowest BCUT2D eigenvalue weighted by molar-refractivity contribution is 0.0690. The van der Waals surface area contributed by atoms with Crippen molar-refractivity contribution in [2.45, 2.75) is 33.0 Å². The van der Waals surface area contributed by atoms with Crippen molar-refractivity contribution in [3.63, 3.8) is 0 Å². The summed E-state index contributed by atoms with van der Waals surface area (Å²) in [4.78, 5) is 18.4. The Labute approximate surface area is 163 Å². The molecule has 0 amide bonds. The second kappa shape index (κ2) is 7.13. The maximum Gasteiger partial charge on any atom is 0.354 e. The zero-order valence-corrected chi connectivity index (χ0v) is 15.9. The molecule has 0 fully saturated rings. The highest BCUT2D eigenvalue weighted by Crippen LogP contribution is 2.35. The fourth-order valence-corrected chi connectivity index (χ4v) is 4.11. The molecule has 0 unspecified atom stereocenters. The van der Waals surface area contributed by atoms with Crippen LogP contribution in [0.25, 0.3) is 10.9 Å². The van der Waals surface area contributed by atoms with Crippen LogP contribution in [0.15, 0.2) is 43.0 Å². The third-order valence-corrected chi connectivity index (χ3v) is 5.53. The molecule has 1 aliphatic heterocycles. The van der Waals surface area contributed by atoms with Crippen molar-refractivity contribution in [3.8, 4) is 0 Å². The van der Waals surface area contributed by atoms with Gasteiger partial charge in [0.25, 0.3) is 0 Å². The van der Waals surface area contributed by atoms with Gasteiger partial charge in [-0.05, 0) is 30.5 Å². The van der Waals surface area contributed by atoms with Crippen molar-refractivity contribution >= 4 is 22.7 Å². The molecule has 0 atom stereocenters. The van der Waals surface area contributed by atoms with Crippen molar-refractivity contribution in [2.75, 3.05) is 11.4 Å². The Morgan fingerprint density at radius 3 is 2.75 bits per heavy atom. The maximum atomic E-state index is 11.7. The highest BCUT2D eigenvalue weighted by Gasteiger charge is 2.25. The van der Waals surface area contributed by atoms with Gasteiger partial charge in [0.2, 0.25) is 0 Å². The van der Waals surface area contributed by atoms with Gasteiger partial charge in [0.1, 0.15) is 0 Å². The number of aliphatic hydroxyl groups excluding tert-OH is 1. The van der Waals surface area contributed by atoms with Gasteiger partial charge in [-0.3, -0.25) is 0 Å². The molecule has 2 N–H and O–H groups in total. The smallest absolute Gasteiger partial charge is 0.354 e. The number of hydrogen-bond acceptors (Lipinski definition) is 4. The van der Waals surface area contributed by atoms with Crippen LogP contribution in [0.3, 0.4) is 0 Å². The lowest BCUT2D eigenvalue weighted by atomic mass is 10.00. The van der Waals surface area contributed by atoms with E-state index in [1.165, 1.54) is 11.1 Å². The van der Waals surface area contributed by atoms with E-state index in [9.17, 15) is 15.0 Å². The van der Waals surface area contributed by atoms with Gasteiger partial charge in [-0.2, -0.15) is 0 Å². The summed E-state index contributed by atoms with van der Waals surface area (Å²) in [6.45, 7) is 7.62. The molecule has 3 aromatic rings. The largest absolute Gasteiger partial charge is 0.477 e. The Hall–Kier alpha value is -3.12. The first-order chi connectivity index (χ1) is 13.5. The quantitative estimate of drug-likeness (QED) is 0.667. The molecular formula is C22H23N3O3. The molecule has 28 heavy (non-hydrogen) atoms. The standard InChI is InChI=1S/C22H23N3O3/c1-3-9-25-14(2)18(13-26)17-11-19(22(27)28)23-21(20(17)25)24-10-8-15-6-4-5-7-16(15)12-24/h3-7,11,26H,1,8-10,12-13H2,2H3,(H,27,28). The number of carbonyl (C=O) groups is 1.